The molecule has 0 bridgehead atoms. The second kappa shape index (κ2) is 6.85. The summed E-state index contributed by atoms with van der Waals surface area (Å²) in [5, 5.41) is 3.15. The van der Waals surface area contributed by atoms with Crippen LogP contribution in [0.4, 0.5) is 0 Å². The fourth-order valence-corrected chi connectivity index (χ4v) is 2.88. The van der Waals surface area contributed by atoms with E-state index in [4.69, 9.17) is 0 Å². The zero-order valence-corrected chi connectivity index (χ0v) is 13.1. The highest BCUT2D eigenvalue weighted by atomic mass is 32.2. The molecule has 0 amide bonds. The summed E-state index contributed by atoms with van der Waals surface area (Å²) in [5.41, 5.74) is 0. The molecule has 0 saturated heterocycles. The smallest absolute Gasteiger partial charge is 0.156 e. The van der Waals surface area contributed by atoms with Crippen molar-refractivity contribution in [3.05, 3.63) is 0 Å². The van der Waals surface area contributed by atoms with Gasteiger partial charge in [-0.25, -0.2) is 8.42 Å². The van der Waals surface area contributed by atoms with E-state index in [2.05, 4.69) is 5.32 Å². The zero-order valence-electron chi connectivity index (χ0n) is 11.4. The summed E-state index contributed by atoms with van der Waals surface area (Å²) < 4.78 is 33.8. The summed E-state index contributed by atoms with van der Waals surface area (Å²) in [6.07, 6.45) is 2.48. The lowest BCUT2D eigenvalue weighted by Crippen LogP contribution is -2.37. The van der Waals surface area contributed by atoms with E-state index in [0.29, 0.717) is 12.3 Å². The number of hydrogen-bond acceptors (Lipinski definition) is 4. The van der Waals surface area contributed by atoms with Crippen molar-refractivity contribution in [1.29, 1.82) is 0 Å². The molecular formula is C11H25NO3S2. The Hall–Kier alpha value is 0.0600. The van der Waals surface area contributed by atoms with Crippen molar-refractivity contribution >= 4 is 20.6 Å². The van der Waals surface area contributed by atoms with Crippen LogP contribution in [0.3, 0.4) is 0 Å². The van der Waals surface area contributed by atoms with Gasteiger partial charge in [-0.2, -0.15) is 0 Å². The van der Waals surface area contributed by atoms with Crippen LogP contribution in [0.15, 0.2) is 0 Å². The Bertz CT molecular complexity index is 344. The first-order valence-corrected chi connectivity index (χ1v) is 9.20. The Morgan fingerprint density at radius 2 is 1.82 bits per heavy atom. The first-order chi connectivity index (χ1) is 7.56. The predicted octanol–water partition coefficient (Wildman–Crippen LogP) is 0.946. The van der Waals surface area contributed by atoms with Crippen LogP contribution >= 0.6 is 0 Å². The van der Waals surface area contributed by atoms with Crippen molar-refractivity contribution in [2.24, 2.45) is 0 Å². The minimum Gasteiger partial charge on any atom is -0.313 e. The molecule has 104 valence electrons. The predicted molar refractivity (Wildman–Crippen MR) is 74.6 cm³/mol. The number of rotatable bonds is 7. The van der Waals surface area contributed by atoms with Gasteiger partial charge in [-0.15, -0.1) is 0 Å². The number of hydrogen-bond donors (Lipinski definition) is 1. The zero-order chi connectivity index (χ0) is 13.7. The molecule has 4 nitrogen and oxygen atoms in total. The summed E-state index contributed by atoms with van der Waals surface area (Å²) in [7, 11) is -3.83. The van der Waals surface area contributed by atoms with Gasteiger partial charge in [-0.3, -0.25) is 4.21 Å². The van der Waals surface area contributed by atoms with Crippen LogP contribution in [0.25, 0.3) is 0 Å². The van der Waals surface area contributed by atoms with E-state index in [-0.39, 0.29) is 11.8 Å². The summed E-state index contributed by atoms with van der Waals surface area (Å²) in [6.45, 7) is 7.58. The van der Waals surface area contributed by atoms with Gasteiger partial charge in [0, 0.05) is 35.4 Å². The maximum atomic E-state index is 11.8. The summed E-state index contributed by atoms with van der Waals surface area (Å²) in [5.74, 6) is 0.802. The van der Waals surface area contributed by atoms with E-state index in [0.717, 1.165) is 6.42 Å². The van der Waals surface area contributed by atoms with Gasteiger partial charge in [-0.05, 0) is 34.1 Å². The van der Waals surface area contributed by atoms with Crippen molar-refractivity contribution in [2.45, 2.75) is 44.9 Å². The molecule has 0 aliphatic heterocycles. The highest BCUT2D eigenvalue weighted by Gasteiger charge is 2.28. The average molecular weight is 283 g/mol. The average Bonchev–Trinajstić information content (AvgIpc) is 2.12. The normalized spacial score (nSPS) is 16.8. The van der Waals surface area contributed by atoms with Crippen LogP contribution in [0.1, 0.15) is 34.1 Å². The minimum atomic E-state index is -3.05. The van der Waals surface area contributed by atoms with Gasteiger partial charge in [-0.1, -0.05) is 0 Å². The number of sulfone groups is 1. The van der Waals surface area contributed by atoms with E-state index in [1.165, 1.54) is 0 Å². The molecule has 6 heteroatoms. The van der Waals surface area contributed by atoms with Crippen LogP contribution < -0.4 is 5.32 Å². The third-order valence-electron chi connectivity index (χ3n) is 2.63. The van der Waals surface area contributed by atoms with Crippen molar-refractivity contribution in [1.82, 2.24) is 5.32 Å². The Balaban J connectivity index is 3.96. The summed E-state index contributed by atoms with van der Waals surface area (Å²) in [6, 6.07) is 0.203. The molecule has 0 radical (unpaired) electrons. The first-order valence-electron chi connectivity index (χ1n) is 5.82. The monoisotopic (exact) mass is 283 g/mol. The van der Waals surface area contributed by atoms with Crippen LogP contribution in [-0.2, 0) is 20.6 Å². The molecule has 2 atom stereocenters. The van der Waals surface area contributed by atoms with Crippen LogP contribution in [0.2, 0.25) is 0 Å². The summed E-state index contributed by atoms with van der Waals surface area (Å²) >= 11 is 0. The Morgan fingerprint density at radius 1 is 1.29 bits per heavy atom. The largest absolute Gasteiger partial charge is 0.313 e. The summed E-state index contributed by atoms with van der Waals surface area (Å²) in [4.78, 5) is 0. The molecule has 0 heterocycles. The highest BCUT2D eigenvalue weighted by molar-refractivity contribution is 7.92. The van der Waals surface area contributed by atoms with E-state index in [1.54, 1.807) is 27.0 Å². The third-order valence-corrected chi connectivity index (χ3v) is 6.05. The minimum absolute atomic E-state index is 0.149. The second-order valence-electron chi connectivity index (χ2n) is 5.35. The maximum absolute atomic E-state index is 11.8. The molecule has 0 aromatic rings. The van der Waals surface area contributed by atoms with Crippen molar-refractivity contribution in [2.75, 3.05) is 24.3 Å². The second-order valence-corrected chi connectivity index (χ2v) is 9.77. The quantitative estimate of drug-likeness (QED) is 0.755. The SMILES string of the molecule is CC(CCS(C)=O)NCCS(=O)(=O)C(C)(C)C. The van der Waals surface area contributed by atoms with Crippen LogP contribution in [-0.4, -0.2) is 47.7 Å². The molecule has 0 aromatic heterocycles. The molecule has 0 fully saturated rings. The molecule has 2 unspecified atom stereocenters. The van der Waals surface area contributed by atoms with Gasteiger partial charge in [0.05, 0.1) is 10.5 Å². The van der Waals surface area contributed by atoms with E-state index >= 15 is 0 Å². The molecule has 0 rings (SSSR count). The topological polar surface area (TPSA) is 63.2 Å². The molecular weight excluding hydrogens is 258 g/mol. The van der Waals surface area contributed by atoms with Crippen LogP contribution in [0, 0.1) is 0 Å². The molecule has 0 spiro atoms. The Morgan fingerprint density at radius 3 is 2.24 bits per heavy atom. The standard InChI is InChI=1S/C11H25NO3S2/c1-10(6-8-16(5)13)12-7-9-17(14,15)11(2,3)4/h10,12H,6-9H2,1-5H3. The fourth-order valence-electron chi connectivity index (χ4n) is 1.19. The lowest BCUT2D eigenvalue weighted by atomic mass is 10.2. The van der Waals surface area contributed by atoms with Crippen molar-refractivity contribution < 1.29 is 12.6 Å². The van der Waals surface area contributed by atoms with E-state index < -0.39 is 25.4 Å². The van der Waals surface area contributed by atoms with Crippen LogP contribution in [0.5, 0.6) is 0 Å². The maximum Gasteiger partial charge on any atom is 0.156 e. The highest BCUT2D eigenvalue weighted by Crippen LogP contribution is 2.15. The molecule has 0 aliphatic rings. The molecule has 0 aromatic carbocycles. The fraction of sp³-hybridized carbons (Fsp3) is 1.00. The molecule has 0 saturated carbocycles. The van der Waals surface area contributed by atoms with Gasteiger partial charge in [0.1, 0.15) is 0 Å². The molecule has 1 N–H and O–H groups in total. The van der Waals surface area contributed by atoms with Gasteiger partial charge < -0.3 is 5.32 Å². The van der Waals surface area contributed by atoms with E-state index in [9.17, 15) is 12.6 Å². The first kappa shape index (κ1) is 17.1. The number of nitrogens with one attached hydrogen (secondary N) is 1. The van der Waals surface area contributed by atoms with Gasteiger partial charge >= 0.3 is 0 Å². The van der Waals surface area contributed by atoms with Gasteiger partial charge in [0.2, 0.25) is 0 Å². The third kappa shape index (κ3) is 7.16. The molecule has 17 heavy (non-hydrogen) atoms. The van der Waals surface area contributed by atoms with Gasteiger partial charge in [0.25, 0.3) is 0 Å². The van der Waals surface area contributed by atoms with E-state index in [1.807, 2.05) is 6.92 Å². The van der Waals surface area contributed by atoms with Crippen molar-refractivity contribution in [3.63, 3.8) is 0 Å². The Kier molecular flexibility index (Phi) is 6.87. The van der Waals surface area contributed by atoms with Crippen molar-refractivity contribution in [3.8, 4) is 0 Å². The Labute approximate surface area is 108 Å². The molecule has 0 aliphatic carbocycles. The lowest BCUT2D eigenvalue weighted by molar-refractivity contribution is 0.533. The van der Waals surface area contributed by atoms with Gasteiger partial charge in [0.15, 0.2) is 9.84 Å². The lowest BCUT2D eigenvalue weighted by Gasteiger charge is -2.20.